The highest BCUT2D eigenvalue weighted by molar-refractivity contribution is 7.92. The Morgan fingerprint density at radius 2 is 1.33 bits per heavy atom. The standard InChI is InChI=1S/C21H22N2O3S/c1-2-27(24,25)23-20-10-8-18(9-11-20)22-19-12-14-21(15-13-19)26-16-17-6-4-3-5-7-17/h3-15,22-23H,2,16H2,1H3. The third-order valence-electron chi connectivity index (χ3n) is 3.93. The van der Waals surface area contributed by atoms with Gasteiger partial charge in [-0.15, -0.1) is 0 Å². The van der Waals surface area contributed by atoms with Crippen molar-refractivity contribution in [1.82, 2.24) is 0 Å². The first-order valence-electron chi connectivity index (χ1n) is 8.68. The highest BCUT2D eigenvalue weighted by Gasteiger charge is 2.06. The number of sulfonamides is 1. The molecule has 3 rings (SSSR count). The van der Waals surface area contributed by atoms with Crippen LogP contribution in [0.1, 0.15) is 12.5 Å². The molecule has 0 unspecified atom stereocenters. The van der Waals surface area contributed by atoms with Crippen LogP contribution in [0.5, 0.6) is 5.75 Å². The summed E-state index contributed by atoms with van der Waals surface area (Å²) in [6, 6.07) is 24.8. The molecule has 0 heterocycles. The Morgan fingerprint density at radius 1 is 0.778 bits per heavy atom. The Bertz CT molecular complexity index is 955. The minimum Gasteiger partial charge on any atom is -0.489 e. The van der Waals surface area contributed by atoms with Crippen molar-refractivity contribution in [2.24, 2.45) is 0 Å². The van der Waals surface area contributed by atoms with E-state index >= 15 is 0 Å². The van der Waals surface area contributed by atoms with E-state index in [0.717, 1.165) is 22.7 Å². The van der Waals surface area contributed by atoms with Crippen molar-refractivity contribution in [3.8, 4) is 5.75 Å². The van der Waals surface area contributed by atoms with Crippen LogP contribution in [-0.4, -0.2) is 14.2 Å². The SMILES string of the molecule is CCS(=O)(=O)Nc1ccc(Nc2ccc(OCc3ccccc3)cc2)cc1. The molecule has 0 aliphatic heterocycles. The highest BCUT2D eigenvalue weighted by Crippen LogP contribution is 2.22. The van der Waals surface area contributed by atoms with Crippen LogP contribution in [0.3, 0.4) is 0 Å². The average Bonchev–Trinajstić information content (AvgIpc) is 2.70. The van der Waals surface area contributed by atoms with Crippen LogP contribution in [-0.2, 0) is 16.6 Å². The van der Waals surface area contributed by atoms with E-state index in [1.165, 1.54) is 0 Å². The van der Waals surface area contributed by atoms with E-state index in [-0.39, 0.29) is 5.75 Å². The van der Waals surface area contributed by atoms with E-state index in [0.29, 0.717) is 12.3 Å². The molecule has 0 fully saturated rings. The van der Waals surface area contributed by atoms with E-state index in [2.05, 4.69) is 10.0 Å². The molecule has 140 valence electrons. The first-order valence-corrected chi connectivity index (χ1v) is 10.3. The van der Waals surface area contributed by atoms with Gasteiger partial charge in [0.1, 0.15) is 12.4 Å². The summed E-state index contributed by atoms with van der Waals surface area (Å²) in [7, 11) is -3.26. The van der Waals surface area contributed by atoms with Gasteiger partial charge in [-0.25, -0.2) is 8.42 Å². The maximum absolute atomic E-state index is 11.6. The predicted molar refractivity (Wildman–Crippen MR) is 110 cm³/mol. The van der Waals surface area contributed by atoms with Crippen LogP contribution in [0, 0.1) is 0 Å². The van der Waals surface area contributed by atoms with E-state index in [4.69, 9.17) is 4.74 Å². The highest BCUT2D eigenvalue weighted by atomic mass is 32.2. The van der Waals surface area contributed by atoms with Gasteiger partial charge >= 0.3 is 0 Å². The summed E-state index contributed by atoms with van der Waals surface area (Å²) in [5, 5.41) is 3.28. The lowest BCUT2D eigenvalue weighted by atomic mass is 10.2. The molecule has 0 aromatic heterocycles. The van der Waals surface area contributed by atoms with Crippen LogP contribution >= 0.6 is 0 Å². The van der Waals surface area contributed by atoms with Crippen LogP contribution < -0.4 is 14.8 Å². The van der Waals surface area contributed by atoms with Crippen molar-refractivity contribution in [2.75, 3.05) is 15.8 Å². The normalized spacial score (nSPS) is 11.0. The summed E-state index contributed by atoms with van der Waals surface area (Å²) < 4.78 is 31.5. The quantitative estimate of drug-likeness (QED) is 0.589. The minimum absolute atomic E-state index is 0.0473. The molecular weight excluding hydrogens is 360 g/mol. The van der Waals surface area contributed by atoms with Gasteiger partial charge in [0.05, 0.1) is 5.75 Å². The fraction of sp³-hybridized carbons (Fsp3) is 0.143. The lowest BCUT2D eigenvalue weighted by Crippen LogP contribution is -2.14. The molecule has 3 aromatic carbocycles. The summed E-state index contributed by atoms with van der Waals surface area (Å²) in [5.41, 5.74) is 3.46. The molecule has 0 spiro atoms. The molecule has 0 radical (unpaired) electrons. The molecule has 0 aliphatic carbocycles. The van der Waals surface area contributed by atoms with Crippen molar-refractivity contribution in [1.29, 1.82) is 0 Å². The van der Waals surface area contributed by atoms with Gasteiger partial charge in [-0.2, -0.15) is 0 Å². The smallest absolute Gasteiger partial charge is 0.232 e. The van der Waals surface area contributed by atoms with Gasteiger partial charge in [0.2, 0.25) is 10.0 Å². The number of rotatable bonds is 8. The molecule has 6 heteroatoms. The topological polar surface area (TPSA) is 67.4 Å². The van der Waals surface area contributed by atoms with Gasteiger partial charge in [-0.3, -0.25) is 4.72 Å². The second-order valence-electron chi connectivity index (χ2n) is 6.01. The largest absolute Gasteiger partial charge is 0.489 e. The molecule has 2 N–H and O–H groups in total. The first-order chi connectivity index (χ1) is 13.0. The monoisotopic (exact) mass is 382 g/mol. The van der Waals surface area contributed by atoms with E-state index in [1.807, 2.05) is 66.7 Å². The Morgan fingerprint density at radius 3 is 1.93 bits per heavy atom. The molecule has 27 heavy (non-hydrogen) atoms. The predicted octanol–water partition coefficient (Wildman–Crippen LogP) is 4.77. The molecular formula is C21H22N2O3S. The van der Waals surface area contributed by atoms with Gasteiger partial charge in [-0.05, 0) is 61.0 Å². The molecule has 0 bridgehead atoms. The summed E-state index contributed by atoms with van der Waals surface area (Å²) in [6.45, 7) is 2.13. The number of benzene rings is 3. The molecule has 0 aliphatic rings. The zero-order valence-electron chi connectivity index (χ0n) is 15.1. The summed E-state index contributed by atoms with van der Waals surface area (Å²) in [6.07, 6.45) is 0. The lowest BCUT2D eigenvalue weighted by Gasteiger charge is -2.10. The Labute approximate surface area is 160 Å². The van der Waals surface area contributed by atoms with Crippen molar-refractivity contribution in [2.45, 2.75) is 13.5 Å². The van der Waals surface area contributed by atoms with Crippen LogP contribution in [0.25, 0.3) is 0 Å². The molecule has 0 saturated heterocycles. The Balaban J connectivity index is 1.56. The van der Waals surface area contributed by atoms with Crippen molar-refractivity contribution in [3.05, 3.63) is 84.4 Å². The van der Waals surface area contributed by atoms with E-state index < -0.39 is 10.0 Å². The minimum atomic E-state index is -3.26. The Hall–Kier alpha value is -2.99. The first kappa shape index (κ1) is 18.8. The van der Waals surface area contributed by atoms with E-state index in [9.17, 15) is 8.42 Å². The zero-order chi connectivity index (χ0) is 19.1. The van der Waals surface area contributed by atoms with Gasteiger partial charge in [0.25, 0.3) is 0 Å². The fourth-order valence-electron chi connectivity index (χ4n) is 2.42. The summed E-state index contributed by atoms with van der Waals surface area (Å²) >= 11 is 0. The van der Waals surface area contributed by atoms with E-state index in [1.54, 1.807) is 19.1 Å². The number of hydrogen-bond acceptors (Lipinski definition) is 4. The van der Waals surface area contributed by atoms with Crippen LogP contribution in [0.4, 0.5) is 17.1 Å². The maximum atomic E-state index is 11.6. The number of hydrogen-bond donors (Lipinski definition) is 2. The number of anilines is 3. The van der Waals surface area contributed by atoms with Gasteiger partial charge in [0, 0.05) is 17.1 Å². The maximum Gasteiger partial charge on any atom is 0.232 e. The average molecular weight is 382 g/mol. The zero-order valence-corrected chi connectivity index (χ0v) is 15.9. The summed E-state index contributed by atoms with van der Waals surface area (Å²) in [4.78, 5) is 0. The van der Waals surface area contributed by atoms with Gasteiger partial charge in [-0.1, -0.05) is 30.3 Å². The third-order valence-corrected chi connectivity index (χ3v) is 5.24. The molecule has 3 aromatic rings. The summed E-state index contributed by atoms with van der Waals surface area (Å²) in [5.74, 6) is 0.847. The number of ether oxygens (including phenoxy) is 1. The van der Waals surface area contributed by atoms with Crippen molar-refractivity contribution < 1.29 is 13.2 Å². The fourth-order valence-corrected chi connectivity index (χ4v) is 3.05. The van der Waals surface area contributed by atoms with Crippen LogP contribution in [0.15, 0.2) is 78.9 Å². The van der Waals surface area contributed by atoms with Gasteiger partial charge in [0.15, 0.2) is 0 Å². The van der Waals surface area contributed by atoms with Crippen molar-refractivity contribution >= 4 is 27.1 Å². The Kier molecular flexibility index (Phi) is 5.98. The number of nitrogens with one attached hydrogen (secondary N) is 2. The molecule has 5 nitrogen and oxygen atoms in total. The molecule has 0 amide bonds. The third kappa shape index (κ3) is 5.76. The van der Waals surface area contributed by atoms with Crippen molar-refractivity contribution in [3.63, 3.8) is 0 Å². The second kappa shape index (κ2) is 8.60. The second-order valence-corrected chi connectivity index (χ2v) is 8.02. The molecule has 0 atom stereocenters. The molecule has 0 saturated carbocycles. The lowest BCUT2D eigenvalue weighted by molar-refractivity contribution is 0.306. The van der Waals surface area contributed by atoms with Crippen LogP contribution in [0.2, 0.25) is 0 Å². The van der Waals surface area contributed by atoms with Gasteiger partial charge < -0.3 is 10.1 Å².